The normalized spacial score (nSPS) is 29.6. The summed E-state index contributed by atoms with van der Waals surface area (Å²) in [7, 11) is 0. The van der Waals surface area contributed by atoms with Crippen LogP contribution in [0.1, 0.15) is 31.7 Å². The smallest absolute Gasteiger partial charge is 0.240 e. The lowest BCUT2D eigenvalue weighted by molar-refractivity contribution is -0.131. The number of halogens is 1. The lowest BCUT2D eigenvalue weighted by atomic mass is 9.67. The van der Waals surface area contributed by atoms with Crippen LogP contribution in [-0.4, -0.2) is 43.4 Å². The number of hydrogen-bond donors (Lipinski definition) is 0. The zero-order chi connectivity index (χ0) is 23.7. The molecule has 1 aromatic carbocycles. The van der Waals surface area contributed by atoms with Crippen molar-refractivity contribution in [3.8, 4) is 11.9 Å². The first-order valence-corrected chi connectivity index (χ1v) is 12.0. The molecule has 6 rings (SSSR count). The van der Waals surface area contributed by atoms with Crippen LogP contribution in [0.2, 0.25) is 5.02 Å². The number of aromatic nitrogens is 3. The predicted octanol–water partition coefficient (Wildman–Crippen LogP) is 3.51. The van der Waals surface area contributed by atoms with Crippen LogP contribution in [0.3, 0.4) is 0 Å². The summed E-state index contributed by atoms with van der Waals surface area (Å²) in [4.78, 5) is 32.8. The van der Waals surface area contributed by atoms with E-state index in [-0.39, 0.29) is 18.4 Å². The monoisotopic (exact) mass is 495 g/mol. The molecule has 4 atom stereocenters. The van der Waals surface area contributed by atoms with Crippen molar-refractivity contribution in [2.75, 3.05) is 11.5 Å². The van der Waals surface area contributed by atoms with Crippen LogP contribution in [-0.2, 0) is 14.3 Å². The minimum atomic E-state index is -0.792. The van der Waals surface area contributed by atoms with Gasteiger partial charge in [-0.05, 0) is 38.0 Å². The van der Waals surface area contributed by atoms with E-state index in [1.54, 1.807) is 24.3 Å². The van der Waals surface area contributed by atoms with Gasteiger partial charge in [0, 0.05) is 18.7 Å². The molecule has 0 saturated carbocycles. The number of rotatable bonds is 5. The molecule has 2 bridgehead atoms. The third-order valence-electron chi connectivity index (χ3n) is 7.24. The van der Waals surface area contributed by atoms with Gasteiger partial charge in [-0.25, -0.2) is 9.88 Å². The lowest BCUT2D eigenvalue weighted by Gasteiger charge is -2.31. The van der Waals surface area contributed by atoms with Crippen molar-refractivity contribution in [2.24, 2.45) is 11.8 Å². The standard InChI is InChI=1S/C23H18ClN5O4S/c1-22-6-7-23(33-22,8-9-32-15-5-3-13(24)11-26-15)17-16(22)20(30)29(21(17)31)14-4-2-12(10-25)18-19(14)28-34-27-18/h2-5,11,16-17H,6-9H2,1H3. The number of benzene rings is 1. The highest BCUT2D eigenvalue weighted by molar-refractivity contribution is 7.00. The van der Waals surface area contributed by atoms with E-state index in [1.807, 2.05) is 6.92 Å². The average molecular weight is 496 g/mol. The fourth-order valence-electron chi connectivity index (χ4n) is 5.75. The third-order valence-corrected chi connectivity index (χ3v) is 7.99. The van der Waals surface area contributed by atoms with Crippen LogP contribution in [0.15, 0.2) is 30.5 Å². The Hall–Kier alpha value is -3.13. The van der Waals surface area contributed by atoms with Gasteiger partial charge in [0.15, 0.2) is 0 Å². The quantitative estimate of drug-likeness (QED) is 0.493. The highest BCUT2D eigenvalue weighted by Gasteiger charge is 2.74. The van der Waals surface area contributed by atoms with Crippen LogP contribution >= 0.6 is 23.3 Å². The number of fused-ring (bicyclic) bond motifs is 6. The number of anilines is 1. The molecule has 34 heavy (non-hydrogen) atoms. The second kappa shape index (κ2) is 7.43. The van der Waals surface area contributed by atoms with Gasteiger partial charge >= 0.3 is 0 Å². The Balaban J connectivity index is 1.32. The van der Waals surface area contributed by atoms with E-state index in [4.69, 9.17) is 21.1 Å². The molecule has 4 unspecified atom stereocenters. The highest BCUT2D eigenvalue weighted by atomic mass is 35.5. The van der Waals surface area contributed by atoms with Crippen molar-refractivity contribution in [3.05, 3.63) is 41.0 Å². The minimum absolute atomic E-state index is 0.284. The van der Waals surface area contributed by atoms with Gasteiger partial charge in [0.2, 0.25) is 17.7 Å². The van der Waals surface area contributed by atoms with Crippen LogP contribution in [0, 0.1) is 23.2 Å². The van der Waals surface area contributed by atoms with Crippen molar-refractivity contribution in [1.82, 2.24) is 13.7 Å². The molecule has 5 heterocycles. The van der Waals surface area contributed by atoms with Crippen LogP contribution in [0.5, 0.6) is 5.88 Å². The first-order chi connectivity index (χ1) is 16.4. The Morgan fingerprint density at radius 2 is 2.00 bits per heavy atom. The molecule has 3 aromatic rings. The number of imide groups is 1. The number of ether oxygens (including phenoxy) is 2. The zero-order valence-electron chi connectivity index (χ0n) is 18.0. The van der Waals surface area contributed by atoms with E-state index in [2.05, 4.69) is 19.8 Å². The molecule has 0 radical (unpaired) electrons. The topological polar surface area (TPSA) is 118 Å². The molecule has 3 aliphatic heterocycles. The molecule has 3 fully saturated rings. The molecule has 172 valence electrons. The zero-order valence-corrected chi connectivity index (χ0v) is 19.6. The third kappa shape index (κ3) is 2.90. The van der Waals surface area contributed by atoms with Gasteiger partial charge in [0.25, 0.3) is 0 Å². The maximum absolute atomic E-state index is 13.8. The summed E-state index contributed by atoms with van der Waals surface area (Å²) in [5.74, 6) is -1.36. The predicted molar refractivity (Wildman–Crippen MR) is 122 cm³/mol. The number of amides is 2. The second-order valence-electron chi connectivity index (χ2n) is 9.07. The Morgan fingerprint density at radius 1 is 1.21 bits per heavy atom. The first kappa shape index (κ1) is 21.4. The van der Waals surface area contributed by atoms with Crippen LogP contribution in [0.4, 0.5) is 5.69 Å². The largest absolute Gasteiger partial charge is 0.478 e. The summed E-state index contributed by atoms with van der Waals surface area (Å²) in [6.07, 6.45) is 3.30. The number of carbonyl (C=O) groups excluding carboxylic acids is 2. The number of carbonyl (C=O) groups is 2. The van der Waals surface area contributed by atoms with Crippen molar-refractivity contribution in [1.29, 1.82) is 5.26 Å². The Labute approximate surface area is 203 Å². The van der Waals surface area contributed by atoms with Crippen LogP contribution in [0.25, 0.3) is 11.0 Å². The van der Waals surface area contributed by atoms with E-state index >= 15 is 0 Å². The summed E-state index contributed by atoms with van der Waals surface area (Å²) in [5, 5.41) is 9.88. The second-order valence-corrected chi connectivity index (χ2v) is 10.0. The molecule has 9 nitrogen and oxygen atoms in total. The van der Waals surface area contributed by atoms with Crippen molar-refractivity contribution in [3.63, 3.8) is 0 Å². The highest BCUT2D eigenvalue weighted by Crippen LogP contribution is 2.62. The molecule has 0 aliphatic carbocycles. The number of nitrogens with zero attached hydrogens (tertiary/aromatic N) is 5. The Bertz CT molecular complexity index is 1390. The molecule has 2 aromatic heterocycles. The van der Waals surface area contributed by atoms with E-state index in [0.717, 1.165) is 11.7 Å². The van der Waals surface area contributed by atoms with E-state index in [1.165, 1.54) is 11.1 Å². The summed E-state index contributed by atoms with van der Waals surface area (Å²) < 4.78 is 20.7. The van der Waals surface area contributed by atoms with E-state index in [9.17, 15) is 14.9 Å². The molecular weight excluding hydrogens is 478 g/mol. The van der Waals surface area contributed by atoms with E-state index in [0.29, 0.717) is 52.4 Å². The molecule has 3 aliphatic rings. The fraction of sp³-hybridized carbons (Fsp3) is 0.391. The summed E-state index contributed by atoms with van der Waals surface area (Å²) in [6, 6.07) is 8.63. The molecule has 0 spiro atoms. The SMILES string of the molecule is CC12CCC(CCOc3ccc(Cl)cn3)(O1)C1C(=O)N(c3ccc(C#N)c4nsnc34)C(=O)C12. The fourth-order valence-corrected chi connectivity index (χ4v) is 6.43. The van der Waals surface area contributed by atoms with Gasteiger partial charge in [-0.15, -0.1) is 0 Å². The van der Waals surface area contributed by atoms with Crippen molar-refractivity contribution >= 4 is 51.9 Å². The average Bonchev–Trinajstić information content (AvgIpc) is 3.56. The van der Waals surface area contributed by atoms with Crippen molar-refractivity contribution in [2.45, 2.75) is 37.4 Å². The minimum Gasteiger partial charge on any atom is -0.478 e. The number of pyridine rings is 1. The number of nitriles is 1. The molecule has 2 amide bonds. The van der Waals surface area contributed by atoms with Gasteiger partial charge in [0.05, 0.1) is 57.6 Å². The summed E-state index contributed by atoms with van der Waals surface area (Å²) >= 11 is 6.83. The van der Waals surface area contributed by atoms with Crippen molar-refractivity contribution < 1.29 is 19.1 Å². The Kier molecular flexibility index (Phi) is 4.68. The van der Waals surface area contributed by atoms with Gasteiger partial charge in [0.1, 0.15) is 17.1 Å². The first-order valence-electron chi connectivity index (χ1n) is 10.8. The summed E-state index contributed by atoms with van der Waals surface area (Å²) in [6.45, 7) is 2.20. The van der Waals surface area contributed by atoms with Gasteiger partial charge in [-0.2, -0.15) is 14.0 Å². The van der Waals surface area contributed by atoms with Gasteiger partial charge in [-0.3, -0.25) is 9.59 Å². The van der Waals surface area contributed by atoms with E-state index < -0.39 is 23.0 Å². The van der Waals surface area contributed by atoms with Gasteiger partial charge < -0.3 is 9.47 Å². The maximum atomic E-state index is 13.8. The van der Waals surface area contributed by atoms with Crippen LogP contribution < -0.4 is 9.64 Å². The lowest BCUT2D eigenvalue weighted by Crippen LogP contribution is -2.43. The Morgan fingerprint density at radius 3 is 2.76 bits per heavy atom. The molecular formula is C23H18ClN5O4S. The number of hydrogen-bond acceptors (Lipinski definition) is 9. The summed E-state index contributed by atoms with van der Waals surface area (Å²) in [5.41, 5.74) is -0.0173. The maximum Gasteiger partial charge on any atom is 0.240 e. The molecule has 0 N–H and O–H groups in total. The molecule has 3 saturated heterocycles. The molecule has 11 heteroatoms. The van der Waals surface area contributed by atoms with Gasteiger partial charge in [-0.1, -0.05) is 11.6 Å².